The number of nitrogens with zero attached hydrogens (tertiary/aromatic N) is 3. The Kier molecular flexibility index (Phi) is 5.82. The summed E-state index contributed by atoms with van der Waals surface area (Å²) in [6, 6.07) is 16.9. The molecule has 0 radical (unpaired) electrons. The van der Waals surface area contributed by atoms with Gasteiger partial charge in [-0.15, -0.1) is 11.3 Å². The van der Waals surface area contributed by atoms with Gasteiger partial charge in [0, 0.05) is 35.4 Å². The minimum absolute atomic E-state index is 0.148. The number of carbonyl (C=O) groups is 1. The van der Waals surface area contributed by atoms with Gasteiger partial charge >= 0.3 is 0 Å². The lowest BCUT2D eigenvalue weighted by atomic mass is 10.1. The van der Waals surface area contributed by atoms with E-state index in [0.717, 1.165) is 27.3 Å². The minimum Gasteiger partial charge on any atom is -0.497 e. The molecule has 1 N–H and O–H groups in total. The average Bonchev–Trinajstić information content (AvgIpc) is 3.51. The number of aromatic nitrogens is 3. The maximum absolute atomic E-state index is 12.7. The second-order valence-corrected chi connectivity index (χ2v) is 8.23. The van der Waals surface area contributed by atoms with Crippen molar-refractivity contribution in [3.05, 3.63) is 83.5 Å². The Morgan fingerprint density at radius 1 is 1.15 bits per heavy atom. The van der Waals surface area contributed by atoms with Crippen molar-refractivity contribution < 1.29 is 14.1 Å². The number of benzene rings is 2. The van der Waals surface area contributed by atoms with E-state index in [1.807, 2.05) is 41.8 Å². The van der Waals surface area contributed by atoms with Gasteiger partial charge in [-0.2, -0.15) is 0 Å². The molecular formula is C25H20N4O3S. The maximum Gasteiger partial charge on any atom is 0.251 e. The number of rotatable bonds is 7. The third kappa shape index (κ3) is 4.47. The standard InChI is InChI=1S/C25H20N4O3S/c1-31-19-7-4-17(5-8-19)25-28-21(15-33-25)23-20-13-18(6-9-22(20)32-29-23)24(30)27-12-10-16-3-2-11-26-14-16/h2-9,11,13-15H,10,12H2,1H3,(H,27,30). The average molecular weight is 457 g/mol. The van der Waals surface area contributed by atoms with Crippen LogP contribution < -0.4 is 10.1 Å². The summed E-state index contributed by atoms with van der Waals surface area (Å²) >= 11 is 1.52. The predicted octanol–water partition coefficient (Wildman–Crippen LogP) is 4.99. The Morgan fingerprint density at radius 2 is 2.03 bits per heavy atom. The van der Waals surface area contributed by atoms with Crippen LogP contribution in [0.15, 0.2) is 76.9 Å². The van der Waals surface area contributed by atoms with Crippen molar-refractivity contribution in [2.24, 2.45) is 0 Å². The number of thiazole rings is 1. The summed E-state index contributed by atoms with van der Waals surface area (Å²) in [5.41, 5.74) is 4.55. The Hall–Kier alpha value is -4.04. The second kappa shape index (κ2) is 9.22. The van der Waals surface area contributed by atoms with Crippen LogP contribution in [0.5, 0.6) is 5.75 Å². The fourth-order valence-corrected chi connectivity index (χ4v) is 4.29. The third-order valence-electron chi connectivity index (χ3n) is 5.24. The molecular weight excluding hydrogens is 436 g/mol. The van der Waals surface area contributed by atoms with Gasteiger partial charge in [-0.1, -0.05) is 11.2 Å². The molecule has 0 unspecified atom stereocenters. The van der Waals surface area contributed by atoms with Crippen molar-refractivity contribution in [3.8, 4) is 27.7 Å². The van der Waals surface area contributed by atoms with Crippen LogP contribution >= 0.6 is 11.3 Å². The molecule has 0 bridgehead atoms. The van der Waals surface area contributed by atoms with E-state index in [1.165, 1.54) is 11.3 Å². The van der Waals surface area contributed by atoms with Gasteiger partial charge in [0.25, 0.3) is 5.91 Å². The highest BCUT2D eigenvalue weighted by atomic mass is 32.1. The molecule has 0 saturated carbocycles. The second-order valence-electron chi connectivity index (χ2n) is 7.38. The first-order chi connectivity index (χ1) is 16.2. The highest BCUT2D eigenvalue weighted by molar-refractivity contribution is 7.13. The number of hydrogen-bond acceptors (Lipinski definition) is 7. The summed E-state index contributed by atoms with van der Waals surface area (Å²) in [5.74, 6) is 0.648. The van der Waals surface area contributed by atoms with Gasteiger partial charge in [-0.3, -0.25) is 9.78 Å². The van der Waals surface area contributed by atoms with Crippen LogP contribution in [0.25, 0.3) is 32.9 Å². The molecule has 1 amide bonds. The van der Waals surface area contributed by atoms with Crippen molar-refractivity contribution in [1.82, 2.24) is 20.4 Å². The summed E-state index contributed by atoms with van der Waals surface area (Å²) in [6.07, 6.45) is 4.25. The molecule has 0 aliphatic heterocycles. The topological polar surface area (TPSA) is 90.1 Å². The molecule has 164 valence electrons. The van der Waals surface area contributed by atoms with Gasteiger partial charge < -0.3 is 14.6 Å². The van der Waals surface area contributed by atoms with Crippen LogP contribution in [0.1, 0.15) is 15.9 Å². The van der Waals surface area contributed by atoms with Crippen molar-refractivity contribution in [1.29, 1.82) is 0 Å². The molecule has 2 aromatic carbocycles. The first-order valence-corrected chi connectivity index (χ1v) is 11.3. The van der Waals surface area contributed by atoms with Gasteiger partial charge in [-0.25, -0.2) is 4.98 Å². The van der Waals surface area contributed by atoms with Crippen LogP contribution in [0.3, 0.4) is 0 Å². The predicted molar refractivity (Wildman–Crippen MR) is 127 cm³/mol. The summed E-state index contributed by atoms with van der Waals surface area (Å²) in [7, 11) is 1.64. The van der Waals surface area contributed by atoms with E-state index in [-0.39, 0.29) is 5.91 Å². The molecule has 3 heterocycles. The zero-order chi connectivity index (χ0) is 22.6. The monoisotopic (exact) mass is 456 g/mol. The Morgan fingerprint density at radius 3 is 2.82 bits per heavy atom. The number of methoxy groups -OCH3 is 1. The Balaban J connectivity index is 1.35. The highest BCUT2D eigenvalue weighted by Gasteiger charge is 2.17. The molecule has 0 saturated heterocycles. The zero-order valence-electron chi connectivity index (χ0n) is 17.8. The van der Waals surface area contributed by atoms with Crippen molar-refractivity contribution in [2.75, 3.05) is 13.7 Å². The van der Waals surface area contributed by atoms with E-state index in [0.29, 0.717) is 35.5 Å². The number of pyridine rings is 1. The number of fused-ring (bicyclic) bond motifs is 1. The van der Waals surface area contributed by atoms with E-state index in [1.54, 1.807) is 37.7 Å². The Bertz CT molecular complexity index is 1390. The van der Waals surface area contributed by atoms with Gasteiger partial charge in [0.2, 0.25) is 0 Å². The number of carbonyl (C=O) groups excluding carboxylic acids is 1. The van der Waals surface area contributed by atoms with Crippen molar-refractivity contribution >= 4 is 28.2 Å². The normalized spacial score (nSPS) is 10.9. The molecule has 8 heteroatoms. The van der Waals surface area contributed by atoms with Crippen LogP contribution in [0.4, 0.5) is 0 Å². The fourth-order valence-electron chi connectivity index (χ4n) is 3.48. The van der Waals surface area contributed by atoms with Crippen molar-refractivity contribution in [2.45, 2.75) is 6.42 Å². The molecule has 7 nitrogen and oxygen atoms in total. The molecule has 0 fully saturated rings. The quantitative estimate of drug-likeness (QED) is 0.371. The summed E-state index contributed by atoms with van der Waals surface area (Å²) in [4.78, 5) is 21.5. The van der Waals surface area contributed by atoms with E-state index >= 15 is 0 Å². The number of hydrogen-bond donors (Lipinski definition) is 1. The van der Waals surface area contributed by atoms with Crippen LogP contribution in [-0.2, 0) is 6.42 Å². The summed E-state index contributed by atoms with van der Waals surface area (Å²) in [6.45, 7) is 0.524. The van der Waals surface area contributed by atoms with Gasteiger partial charge in [0.15, 0.2) is 5.58 Å². The number of nitrogens with one attached hydrogen (secondary N) is 1. The van der Waals surface area contributed by atoms with Gasteiger partial charge in [0.1, 0.15) is 22.1 Å². The van der Waals surface area contributed by atoms with Crippen LogP contribution in [-0.4, -0.2) is 34.7 Å². The zero-order valence-corrected chi connectivity index (χ0v) is 18.6. The minimum atomic E-state index is -0.148. The summed E-state index contributed by atoms with van der Waals surface area (Å²) < 4.78 is 10.7. The molecule has 0 aliphatic rings. The molecule has 33 heavy (non-hydrogen) atoms. The largest absolute Gasteiger partial charge is 0.497 e. The van der Waals surface area contributed by atoms with E-state index < -0.39 is 0 Å². The first-order valence-electron chi connectivity index (χ1n) is 10.4. The molecule has 0 aliphatic carbocycles. The van der Waals surface area contributed by atoms with Gasteiger partial charge in [-0.05, 0) is 60.5 Å². The van der Waals surface area contributed by atoms with E-state index in [4.69, 9.17) is 14.2 Å². The molecule has 5 aromatic rings. The van der Waals surface area contributed by atoms with E-state index in [2.05, 4.69) is 15.5 Å². The molecule has 3 aromatic heterocycles. The smallest absolute Gasteiger partial charge is 0.251 e. The molecule has 0 atom stereocenters. The van der Waals surface area contributed by atoms with Gasteiger partial charge in [0.05, 0.1) is 12.5 Å². The third-order valence-corrected chi connectivity index (χ3v) is 6.13. The lowest BCUT2D eigenvalue weighted by Gasteiger charge is -2.05. The summed E-state index contributed by atoms with van der Waals surface area (Å²) in [5, 5.41) is 10.7. The lowest BCUT2D eigenvalue weighted by Crippen LogP contribution is -2.25. The first kappa shape index (κ1) is 20.8. The SMILES string of the molecule is COc1ccc(-c2nc(-c3noc4ccc(C(=O)NCCc5cccnc5)cc34)cs2)cc1. The number of amides is 1. The van der Waals surface area contributed by atoms with E-state index in [9.17, 15) is 4.79 Å². The highest BCUT2D eigenvalue weighted by Crippen LogP contribution is 2.33. The molecule has 5 rings (SSSR count). The maximum atomic E-state index is 12.7. The van der Waals surface area contributed by atoms with Crippen LogP contribution in [0, 0.1) is 0 Å². The molecule has 0 spiro atoms. The van der Waals surface area contributed by atoms with Crippen LogP contribution in [0.2, 0.25) is 0 Å². The van der Waals surface area contributed by atoms with Crippen molar-refractivity contribution in [3.63, 3.8) is 0 Å². The Labute approximate surface area is 194 Å². The lowest BCUT2D eigenvalue weighted by molar-refractivity contribution is 0.0954. The fraction of sp³-hybridized carbons (Fsp3) is 0.120. The number of ether oxygens (including phenoxy) is 1.